The van der Waals surface area contributed by atoms with E-state index < -0.39 is 29.6 Å². The first-order valence-corrected chi connectivity index (χ1v) is 10.4. The van der Waals surface area contributed by atoms with Gasteiger partial charge >= 0.3 is 11.9 Å². The number of ether oxygens (including phenoxy) is 4. The molecule has 31 heavy (non-hydrogen) atoms. The molecular formula is C21H25NO8S. The van der Waals surface area contributed by atoms with Crippen molar-refractivity contribution < 1.29 is 38.1 Å². The van der Waals surface area contributed by atoms with Gasteiger partial charge in [0.25, 0.3) is 11.1 Å². The molecule has 0 N–H and O–H groups in total. The summed E-state index contributed by atoms with van der Waals surface area (Å²) < 4.78 is 20.7. The molecule has 0 unspecified atom stereocenters. The van der Waals surface area contributed by atoms with E-state index in [1.807, 2.05) is 0 Å². The number of amides is 2. The maximum atomic E-state index is 12.5. The van der Waals surface area contributed by atoms with E-state index in [1.54, 1.807) is 45.9 Å². The first kappa shape index (κ1) is 24.3. The molecule has 0 saturated carbocycles. The fourth-order valence-corrected chi connectivity index (χ4v) is 3.38. The van der Waals surface area contributed by atoms with Crippen LogP contribution in [-0.4, -0.2) is 60.5 Å². The molecular weight excluding hydrogens is 426 g/mol. The van der Waals surface area contributed by atoms with Gasteiger partial charge in [0, 0.05) is 0 Å². The molecule has 0 spiro atoms. The molecule has 1 aromatic rings. The fourth-order valence-electron chi connectivity index (χ4n) is 2.54. The van der Waals surface area contributed by atoms with Crippen molar-refractivity contribution in [1.82, 2.24) is 4.90 Å². The van der Waals surface area contributed by atoms with E-state index in [0.717, 1.165) is 16.7 Å². The topological polar surface area (TPSA) is 108 Å². The zero-order valence-electron chi connectivity index (χ0n) is 18.0. The Hall–Kier alpha value is -3.01. The van der Waals surface area contributed by atoms with Gasteiger partial charge in [0.05, 0.1) is 24.2 Å². The second-order valence-corrected chi connectivity index (χ2v) is 8.04. The standard InChI is InChI=1S/C21H25NO8S/c1-12(2)29-18(23)10-22-20(25)17(31-21(22)26)9-14-6-7-15(16(8-14)27-5)28-11-19(24)30-13(3)4/h6-9,12-13H,10-11H2,1-5H3/b17-9-. The van der Waals surface area contributed by atoms with Gasteiger partial charge in [-0.15, -0.1) is 0 Å². The number of hydrogen-bond donors (Lipinski definition) is 0. The molecule has 1 aromatic carbocycles. The van der Waals surface area contributed by atoms with E-state index in [0.29, 0.717) is 17.1 Å². The maximum absolute atomic E-state index is 12.5. The highest BCUT2D eigenvalue weighted by Gasteiger charge is 2.36. The predicted molar refractivity (Wildman–Crippen MR) is 114 cm³/mol. The molecule has 0 bridgehead atoms. The third-order valence-electron chi connectivity index (χ3n) is 3.73. The Morgan fingerprint density at radius 2 is 1.68 bits per heavy atom. The normalized spacial score (nSPS) is 15.1. The summed E-state index contributed by atoms with van der Waals surface area (Å²) in [7, 11) is 1.44. The van der Waals surface area contributed by atoms with Crippen molar-refractivity contribution in [2.75, 3.05) is 20.3 Å². The van der Waals surface area contributed by atoms with Gasteiger partial charge in [-0.3, -0.25) is 19.3 Å². The van der Waals surface area contributed by atoms with Crippen LogP contribution >= 0.6 is 11.8 Å². The lowest BCUT2D eigenvalue weighted by molar-refractivity contribution is -0.150. The van der Waals surface area contributed by atoms with Crippen molar-refractivity contribution in [3.63, 3.8) is 0 Å². The summed E-state index contributed by atoms with van der Waals surface area (Å²) in [5, 5.41) is -0.549. The molecule has 1 fully saturated rings. The summed E-state index contributed by atoms with van der Waals surface area (Å²) in [6, 6.07) is 4.83. The van der Waals surface area contributed by atoms with Crippen LogP contribution in [0.1, 0.15) is 33.3 Å². The van der Waals surface area contributed by atoms with Crippen LogP contribution in [0.15, 0.2) is 23.1 Å². The lowest BCUT2D eigenvalue weighted by Crippen LogP contribution is -2.35. The number of thioether (sulfide) groups is 1. The van der Waals surface area contributed by atoms with Crippen LogP contribution in [-0.2, 0) is 23.9 Å². The zero-order valence-corrected chi connectivity index (χ0v) is 18.8. The number of imide groups is 1. The number of nitrogens with zero attached hydrogens (tertiary/aromatic N) is 1. The molecule has 168 valence electrons. The van der Waals surface area contributed by atoms with Crippen molar-refractivity contribution in [2.45, 2.75) is 39.9 Å². The first-order chi connectivity index (χ1) is 14.6. The highest BCUT2D eigenvalue weighted by molar-refractivity contribution is 8.18. The number of benzene rings is 1. The molecule has 0 aliphatic carbocycles. The predicted octanol–water partition coefficient (Wildman–Crippen LogP) is 3.01. The van der Waals surface area contributed by atoms with Crippen molar-refractivity contribution >= 4 is 40.9 Å². The third-order valence-corrected chi connectivity index (χ3v) is 4.63. The van der Waals surface area contributed by atoms with Crippen molar-refractivity contribution in [2.24, 2.45) is 0 Å². The Morgan fingerprint density at radius 1 is 1.03 bits per heavy atom. The molecule has 2 rings (SSSR count). The fraction of sp³-hybridized carbons (Fsp3) is 0.429. The minimum atomic E-state index is -0.655. The van der Waals surface area contributed by atoms with Gasteiger partial charge in [-0.1, -0.05) is 6.07 Å². The van der Waals surface area contributed by atoms with Gasteiger partial charge in [0.1, 0.15) is 6.54 Å². The summed E-state index contributed by atoms with van der Waals surface area (Å²) in [6.45, 7) is 6.12. The second-order valence-electron chi connectivity index (χ2n) is 7.04. The molecule has 1 heterocycles. The van der Waals surface area contributed by atoms with Crippen LogP contribution in [0.3, 0.4) is 0 Å². The largest absolute Gasteiger partial charge is 0.493 e. The Morgan fingerprint density at radius 3 is 2.29 bits per heavy atom. The lowest BCUT2D eigenvalue weighted by atomic mass is 10.2. The van der Waals surface area contributed by atoms with Gasteiger partial charge in [0.15, 0.2) is 18.1 Å². The molecule has 0 radical (unpaired) electrons. The van der Waals surface area contributed by atoms with Crippen molar-refractivity contribution in [1.29, 1.82) is 0 Å². The van der Waals surface area contributed by atoms with E-state index in [9.17, 15) is 19.2 Å². The van der Waals surface area contributed by atoms with Crippen molar-refractivity contribution in [3.8, 4) is 11.5 Å². The van der Waals surface area contributed by atoms with Gasteiger partial charge in [-0.25, -0.2) is 4.79 Å². The highest BCUT2D eigenvalue weighted by Crippen LogP contribution is 2.34. The summed E-state index contributed by atoms with van der Waals surface area (Å²) >= 11 is 0.732. The van der Waals surface area contributed by atoms with Gasteiger partial charge in [-0.05, 0) is 63.2 Å². The monoisotopic (exact) mass is 451 g/mol. The van der Waals surface area contributed by atoms with Gasteiger partial charge < -0.3 is 18.9 Å². The minimum Gasteiger partial charge on any atom is -0.493 e. The summed E-state index contributed by atoms with van der Waals surface area (Å²) in [5.74, 6) is -1.08. The molecule has 2 amide bonds. The van der Waals surface area contributed by atoms with Crippen LogP contribution in [0.4, 0.5) is 4.79 Å². The van der Waals surface area contributed by atoms with Crippen LogP contribution in [0.2, 0.25) is 0 Å². The van der Waals surface area contributed by atoms with E-state index in [1.165, 1.54) is 13.2 Å². The molecule has 10 heteroatoms. The van der Waals surface area contributed by atoms with Crippen molar-refractivity contribution in [3.05, 3.63) is 28.7 Å². The summed E-state index contributed by atoms with van der Waals surface area (Å²) in [6.07, 6.45) is 0.921. The Labute approximate surface area is 184 Å². The Kier molecular flexibility index (Phi) is 8.49. The average Bonchev–Trinajstić information content (AvgIpc) is 2.93. The van der Waals surface area contributed by atoms with E-state index in [2.05, 4.69) is 0 Å². The zero-order chi connectivity index (χ0) is 23.1. The van der Waals surface area contributed by atoms with Crippen LogP contribution in [0.25, 0.3) is 6.08 Å². The first-order valence-electron chi connectivity index (χ1n) is 9.55. The SMILES string of the molecule is COc1cc(/C=C2\SC(=O)N(CC(=O)OC(C)C)C2=O)ccc1OCC(=O)OC(C)C. The highest BCUT2D eigenvalue weighted by atomic mass is 32.2. The third kappa shape index (κ3) is 7.02. The number of carbonyl (C=O) groups excluding carboxylic acids is 4. The number of methoxy groups -OCH3 is 1. The molecule has 1 aliphatic heterocycles. The quantitative estimate of drug-likeness (QED) is 0.413. The molecule has 9 nitrogen and oxygen atoms in total. The number of carbonyl (C=O) groups is 4. The van der Waals surface area contributed by atoms with Crippen LogP contribution < -0.4 is 9.47 Å². The Balaban J connectivity index is 2.11. The van der Waals surface area contributed by atoms with Crippen LogP contribution in [0.5, 0.6) is 11.5 Å². The number of rotatable bonds is 9. The second kappa shape index (κ2) is 10.9. The van der Waals surface area contributed by atoms with Crippen LogP contribution in [0, 0.1) is 0 Å². The van der Waals surface area contributed by atoms with E-state index in [-0.39, 0.29) is 23.7 Å². The number of hydrogen-bond acceptors (Lipinski definition) is 9. The maximum Gasteiger partial charge on any atom is 0.344 e. The molecule has 1 aliphatic rings. The van der Waals surface area contributed by atoms with Gasteiger partial charge in [0.2, 0.25) is 0 Å². The summed E-state index contributed by atoms with van der Waals surface area (Å²) in [4.78, 5) is 49.1. The number of esters is 2. The van der Waals surface area contributed by atoms with Gasteiger partial charge in [-0.2, -0.15) is 0 Å². The Bertz CT molecular complexity index is 893. The van der Waals surface area contributed by atoms with E-state index in [4.69, 9.17) is 18.9 Å². The molecule has 1 saturated heterocycles. The average molecular weight is 451 g/mol. The smallest absolute Gasteiger partial charge is 0.344 e. The summed E-state index contributed by atoms with van der Waals surface area (Å²) in [5.41, 5.74) is 0.573. The molecule has 0 atom stereocenters. The minimum absolute atomic E-state index is 0.165. The lowest BCUT2D eigenvalue weighted by Gasteiger charge is -2.13. The van der Waals surface area contributed by atoms with E-state index >= 15 is 0 Å². The molecule has 0 aromatic heterocycles.